The molecular weight excluding hydrogens is 309 g/mol. The van der Waals surface area contributed by atoms with Crippen LogP contribution in [0.5, 0.6) is 5.75 Å². The van der Waals surface area contributed by atoms with E-state index in [1.807, 2.05) is 13.8 Å². The summed E-state index contributed by atoms with van der Waals surface area (Å²) in [6, 6.07) is 6.11. The third-order valence-corrected chi connectivity index (χ3v) is 4.13. The van der Waals surface area contributed by atoms with Crippen molar-refractivity contribution in [3.63, 3.8) is 0 Å². The van der Waals surface area contributed by atoms with Gasteiger partial charge < -0.3 is 20.5 Å². The van der Waals surface area contributed by atoms with Crippen LogP contribution in [-0.2, 0) is 0 Å². The van der Waals surface area contributed by atoms with Crippen LogP contribution in [0.1, 0.15) is 33.1 Å². The quantitative estimate of drug-likeness (QED) is 0.528. The lowest BCUT2D eigenvalue weighted by Gasteiger charge is -2.18. The minimum absolute atomic E-state index is 0.167. The van der Waals surface area contributed by atoms with Gasteiger partial charge in [-0.1, -0.05) is 12.5 Å². The zero-order valence-electron chi connectivity index (χ0n) is 14.5. The van der Waals surface area contributed by atoms with E-state index in [1.165, 1.54) is 12.1 Å². The Morgan fingerprint density at radius 1 is 1.42 bits per heavy atom. The van der Waals surface area contributed by atoms with Crippen LogP contribution in [0.25, 0.3) is 0 Å². The summed E-state index contributed by atoms with van der Waals surface area (Å²) in [6.07, 6.45) is 2.64. The maximum atomic E-state index is 13.2. The summed E-state index contributed by atoms with van der Waals surface area (Å²) in [5, 5.41) is 16.4. The molecule has 5 nitrogen and oxygen atoms in total. The van der Waals surface area contributed by atoms with Crippen molar-refractivity contribution in [1.29, 1.82) is 0 Å². The highest BCUT2D eigenvalue weighted by Crippen LogP contribution is 2.24. The summed E-state index contributed by atoms with van der Waals surface area (Å²) >= 11 is 0. The van der Waals surface area contributed by atoms with Crippen LogP contribution in [0.4, 0.5) is 4.39 Å². The Kier molecular flexibility index (Phi) is 7.31. The SMILES string of the molecule is CCNC(=NCC(C)Oc1cccc(F)c1)NCC1CCCC1O. The molecule has 2 rings (SSSR count). The molecule has 6 heteroatoms. The first kappa shape index (κ1) is 18.5. The van der Waals surface area contributed by atoms with Gasteiger partial charge in [-0.15, -0.1) is 0 Å². The van der Waals surface area contributed by atoms with Crippen LogP contribution in [0, 0.1) is 11.7 Å². The molecular formula is C18H28FN3O2. The molecule has 1 aromatic carbocycles. The molecule has 0 spiro atoms. The zero-order valence-corrected chi connectivity index (χ0v) is 14.5. The molecule has 24 heavy (non-hydrogen) atoms. The number of aliphatic hydroxyl groups excluding tert-OH is 1. The molecule has 1 aliphatic carbocycles. The van der Waals surface area contributed by atoms with Gasteiger partial charge in [0.15, 0.2) is 5.96 Å². The number of guanidine groups is 1. The molecule has 134 valence electrons. The summed E-state index contributed by atoms with van der Waals surface area (Å²) < 4.78 is 18.8. The van der Waals surface area contributed by atoms with Gasteiger partial charge in [0, 0.05) is 25.1 Å². The van der Waals surface area contributed by atoms with Crippen LogP contribution in [0.15, 0.2) is 29.3 Å². The van der Waals surface area contributed by atoms with E-state index in [2.05, 4.69) is 15.6 Å². The molecule has 3 N–H and O–H groups in total. The summed E-state index contributed by atoms with van der Waals surface area (Å²) in [5.74, 6) is 1.19. The van der Waals surface area contributed by atoms with Crippen LogP contribution < -0.4 is 15.4 Å². The first-order valence-electron chi connectivity index (χ1n) is 8.71. The highest BCUT2D eigenvalue weighted by atomic mass is 19.1. The maximum Gasteiger partial charge on any atom is 0.191 e. The standard InChI is InChI=1S/C18H28FN3O2/c1-3-20-18(22-12-14-6-4-9-17(14)23)21-11-13(2)24-16-8-5-7-15(19)10-16/h5,7-8,10,13-14,17,23H,3-4,6,9,11-12H2,1-2H3,(H2,20,21,22). The van der Waals surface area contributed by atoms with E-state index in [-0.39, 0.29) is 23.9 Å². The number of benzene rings is 1. The first-order valence-corrected chi connectivity index (χ1v) is 8.71. The second kappa shape index (κ2) is 9.47. The van der Waals surface area contributed by atoms with Crippen LogP contribution in [-0.4, -0.2) is 42.9 Å². The molecule has 3 atom stereocenters. The van der Waals surface area contributed by atoms with E-state index in [1.54, 1.807) is 12.1 Å². The third kappa shape index (κ3) is 6.00. The third-order valence-electron chi connectivity index (χ3n) is 4.13. The molecule has 3 unspecified atom stereocenters. The molecule has 1 aliphatic rings. The van der Waals surface area contributed by atoms with Gasteiger partial charge in [0.2, 0.25) is 0 Å². The van der Waals surface area contributed by atoms with Crippen LogP contribution in [0.2, 0.25) is 0 Å². The number of hydrogen-bond donors (Lipinski definition) is 3. The molecule has 0 amide bonds. The summed E-state index contributed by atoms with van der Waals surface area (Å²) in [5.41, 5.74) is 0. The Labute approximate surface area is 143 Å². The lowest BCUT2D eigenvalue weighted by molar-refractivity contribution is 0.134. The molecule has 0 bridgehead atoms. The largest absolute Gasteiger partial charge is 0.489 e. The molecule has 0 aliphatic heterocycles. The van der Waals surface area contributed by atoms with Crippen molar-refractivity contribution in [2.45, 2.75) is 45.3 Å². The lowest BCUT2D eigenvalue weighted by atomic mass is 10.1. The van der Waals surface area contributed by atoms with Crippen molar-refractivity contribution >= 4 is 5.96 Å². The number of hydrogen-bond acceptors (Lipinski definition) is 3. The molecule has 0 aromatic heterocycles. The van der Waals surface area contributed by atoms with Gasteiger partial charge in [-0.3, -0.25) is 0 Å². The van der Waals surface area contributed by atoms with Crippen LogP contribution in [0.3, 0.4) is 0 Å². The molecule has 0 saturated heterocycles. The fraction of sp³-hybridized carbons (Fsp3) is 0.611. The Balaban J connectivity index is 1.82. The summed E-state index contributed by atoms with van der Waals surface area (Å²) in [6.45, 7) is 5.84. The van der Waals surface area contributed by atoms with Crippen molar-refractivity contribution in [3.05, 3.63) is 30.1 Å². The van der Waals surface area contributed by atoms with E-state index in [4.69, 9.17) is 4.74 Å². The topological polar surface area (TPSA) is 65.9 Å². The van der Waals surface area contributed by atoms with Crippen molar-refractivity contribution in [1.82, 2.24) is 10.6 Å². The van der Waals surface area contributed by atoms with Crippen LogP contribution >= 0.6 is 0 Å². The summed E-state index contributed by atoms with van der Waals surface area (Å²) in [4.78, 5) is 4.51. The minimum atomic E-state index is -0.312. The van der Waals surface area contributed by atoms with Crippen molar-refractivity contribution in [2.24, 2.45) is 10.9 Å². The van der Waals surface area contributed by atoms with Gasteiger partial charge in [-0.2, -0.15) is 0 Å². The number of halogens is 1. The molecule has 0 heterocycles. The number of aliphatic imine (C=N–C) groups is 1. The van der Waals surface area contributed by atoms with E-state index in [0.717, 1.165) is 25.8 Å². The minimum Gasteiger partial charge on any atom is -0.489 e. The molecule has 1 aromatic rings. The van der Waals surface area contributed by atoms with Gasteiger partial charge in [-0.25, -0.2) is 9.38 Å². The van der Waals surface area contributed by atoms with E-state index >= 15 is 0 Å². The second-order valence-corrected chi connectivity index (χ2v) is 6.24. The van der Waals surface area contributed by atoms with Gasteiger partial charge in [0.25, 0.3) is 0 Å². The average molecular weight is 337 g/mol. The number of ether oxygens (including phenoxy) is 1. The fourth-order valence-electron chi connectivity index (χ4n) is 2.85. The van der Waals surface area contributed by atoms with Crippen molar-refractivity contribution < 1.29 is 14.2 Å². The fourth-order valence-corrected chi connectivity index (χ4v) is 2.85. The highest BCUT2D eigenvalue weighted by molar-refractivity contribution is 5.79. The van der Waals surface area contributed by atoms with Gasteiger partial charge in [0.1, 0.15) is 17.7 Å². The molecule has 1 fully saturated rings. The molecule has 1 saturated carbocycles. The monoisotopic (exact) mass is 337 g/mol. The normalized spacial score (nSPS) is 22.2. The van der Waals surface area contributed by atoms with Crippen molar-refractivity contribution in [2.75, 3.05) is 19.6 Å². The number of rotatable bonds is 7. The lowest BCUT2D eigenvalue weighted by Crippen LogP contribution is -2.41. The smallest absolute Gasteiger partial charge is 0.191 e. The average Bonchev–Trinajstić information content (AvgIpc) is 2.95. The number of nitrogens with one attached hydrogen (secondary N) is 2. The Morgan fingerprint density at radius 3 is 2.92 bits per heavy atom. The zero-order chi connectivity index (χ0) is 17.4. The van der Waals surface area contributed by atoms with Crippen molar-refractivity contribution in [3.8, 4) is 5.75 Å². The first-order chi connectivity index (χ1) is 11.6. The van der Waals surface area contributed by atoms with E-state index in [9.17, 15) is 9.50 Å². The maximum absolute atomic E-state index is 13.2. The highest BCUT2D eigenvalue weighted by Gasteiger charge is 2.24. The number of aliphatic hydroxyl groups is 1. The Morgan fingerprint density at radius 2 is 2.25 bits per heavy atom. The van der Waals surface area contributed by atoms with E-state index < -0.39 is 0 Å². The number of nitrogens with zero attached hydrogens (tertiary/aromatic N) is 1. The summed E-state index contributed by atoms with van der Waals surface area (Å²) in [7, 11) is 0. The Bertz CT molecular complexity index is 539. The van der Waals surface area contributed by atoms with Gasteiger partial charge in [-0.05, 0) is 38.8 Å². The second-order valence-electron chi connectivity index (χ2n) is 6.24. The van der Waals surface area contributed by atoms with Gasteiger partial charge >= 0.3 is 0 Å². The predicted molar refractivity (Wildman–Crippen MR) is 93.8 cm³/mol. The predicted octanol–water partition coefficient (Wildman–Crippen LogP) is 2.31. The van der Waals surface area contributed by atoms with E-state index in [0.29, 0.717) is 24.8 Å². The van der Waals surface area contributed by atoms with Gasteiger partial charge in [0.05, 0.1) is 12.6 Å². The molecule has 0 radical (unpaired) electrons. The Hall–Kier alpha value is -1.82.